The molecule has 0 aliphatic carbocycles. The van der Waals surface area contributed by atoms with E-state index in [2.05, 4.69) is 22.5 Å². The van der Waals surface area contributed by atoms with Gasteiger partial charge in [-0.3, -0.25) is 9.78 Å². The highest BCUT2D eigenvalue weighted by Gasteiger charge is 2.23. The predicted octanol–water partition coefficient (Wildman–Crippen LogP) is 1.96. The molecule has 0 bridgehead atoms. The minimum atomic E-state index is -0.0175. The topological polar surface area (TPSA) is 54.0 Å². The quantitative estimate of drug-likeness (QED) is 0.878. The lowest BCUT2D eigenvalue weighted by Gasteiger charge is -2.30. The first-order valence-corrected chi connectivity index (χ1v) is 6.11. The molecule has 1 saturated heterocycles. The average molecular weight is 306 g/mol. The van der Waals surface area contributed by atoms with Crippen molar-refractivity contribution in [3.8, 4) is 0 Å². The molecule has 1 fully saturated rings. The van der Waals surface area contributed by atoms with Gasteiger partial charge in [-0.05, 0) is 37.9 Å². The first kappa shape index (κ1) is 18.2. The van der Waals surface area contributed by atoms with E-state index in [1.807, 2.05) is 13.0 Å². The number of halogens is 2. The van der Waals surface area contributed by atoms with Crippen molar-refractivity contribution in [2.75, 3.05) is 13.1 Å². The largest absolute Gasteiger partial charge is 0.348 e. The van der Waals surface area contributed by atoms with Gasteiger partial charge in [0, 0.05) is 24.5 Å². The van der Waals surface area contributed by atoms with Crippen molar-refractivity contribution >= 4 is 30.7 Å². The maximum absolute atomic E-state index is 12.1. The van der Waals surface area contributed by atoms with Gasteiger partial charge in [-0.2, -0.15) is 0 Å². The van der Waals surface area contributed by atoms with E-state index in [0.29, 0.717) is 11.5 Å². The van der Waals surface area contributed by atoms with Gasteiger partial charge < -0.3 is 10.6 Å². The number of nitrogens with zero attached hydrogens (tertiary/aromatic N) is 1. The molecule has 2 heterocycles. The Kier molecular flexibility index (Phi) is 7.99. The third-order valence-corrected chi connectivity index (χ3v) is 3.40. The van der Waals surface area contributed by atoms with Crippen molar-refractivity contribution in [2.24, 2.45) is 5.92 Å². The number of piperidine rings is 1. The van der Waals surface area contributed by atoms with Gasteiger partial charge in [0.15, 0.2) is 0 Å². The molecule has 1 aromatic heterocycles. The fourth-order valence-electron chi connectivity index (χ4n) is 2.15. The molecule has 1 aliphatic heterocycles. The van der Waals surface area contributed by atoms with E-state index >= 15 is 0 Å². The summed E-state index contributed by atoms with van der Waals surface area (Å²) >= 11 is 0. The molecule has 2 rings (SSSR count). The smallest absolute Gasteiger partial charge is 0.253 e. The van der Waals surface area contributed by atoms with Crippen molar-refractivity contribution in [2.45, 2.75) is 26.3 Å². The number of carbonyl (C=O) groups excluding carboxylic acids is 1. The fourth-order valence-corrected chi connectivity index (χ4v) is 2.15. The van der Waals surface area contributed by atoms with Crippen LogP contribution in [0, 0.1) is 12.8 Å². The van der Waals surface area contributed by atoms with Gasteiger partial charge >= 0.3 is 0 Å². The van der Waals surface area contributed by atoms with E-state index in [9.17, 15) is 4.79 Å². The summed E-state index contributed by atoms with van der Waals surface area (Å²) in [5.41, 5.74) is 1.45. The average Bonchev–Trinajstić information content (AvgIpc) is 2.32. The maximum Gasteiger partial charge on any atom is 0.253 e. The first-order chi connectivity index (χ1) is 8.18. The third kappa shape index (κ3) is 4.64. The molecule has 0 saturated carbocycles. The Morgan fingerprint density at radius 3 is 2.84 bits per heavy atom. The molecule has 2 atom stereocenters. The molecule has 6 heteroatoms. The Bertz CT molecular complexity index is 415. The van der Waals surface area contributed by atoms with E-state index in [-0.39, 0.29) is 36.8 Å². The number of hydrogen-bond donors (Lipinski definition) is 2. The molecule has 108 valence electrons. The summed E-state index contributed by atoms with van der Waals surface area (Å²) in [6.45, 7) is 5.94. The summed E-state index contributed by atoms with van der Waals surface area (Å²) in [4.78, 5) is 16.2. The summed E-state index contributed by atoms with van der Waals surface area (Å²) in [6.07, 6.45) is 2.81. The Labute approximate surface area is 126 Å². The molecule has 0 spiro atoms. The number of aryl methyl sites for hydroxylation is 1. The highest BCUT2D eigenvalue weighted by atomic mass is 35.5. The second-order valence-corrected chi connectivity index (χ2v) is 4.69. The zero-order valence-electron chi connectivity index (χ0n) is 11.2. The van der Waals surface area contributed by atoms with Crippen LogP contribution in [0.3, 0.4) is 0 Å². The van der Waals surface area contributed by atoms with Gasteiger partial charge in [0.05, 0.1) is 5.56 Å². The third-order valence-electron chi connectivity index (χ3n) is 3.40. The summed E-state index contributed by atoms with van der Waals surface area (Å²) in [7, 11) is 0. The van der Waals surface area contributed by atoms with E-state index in [1.165, 1.54) is 0 Å². The standard InChI is InChI=1S/C13H19N3O.2ClH/c1-9-5-7-14-8-12(9)16-13(17)11-4-3-6-15-10(11)2;;/h3-4,6,9,12,14H,5,7-8H2,1-2H3,(H,16,17);2*1H. The van der Waals surface area contributed by atoms with Gasteiger partial charge in [0.2, 0.25) is 0 Å². The van der Waals surface area contributed by atoms with Crippen molar-refractivity contribution < 1.29 is 4.79 Å². The molecule has 1 amide bonds. The number of hydrogen-bond acceptors (Lipinski definition) is 3. The SMILES string of the molecule is Cc1ncccc1C(=O)NC1CNCCC1C.Cl.Cl. The zero-order valence-corrected chi connectivity index (χ0v) is 12.8. The van der Waals surface area contributed by atoms with Crippen LogP contribution in [0.2, 0.25) is 0 Å². The van der Waals surface area contributed by atoms with E-state index in [4.69, 9.17) is 0 Å². The highest BCUT2D eigenvalue weighted by molar-refractivity contribution is 5.95. The number of carbonyl (C=O) groups is 1. The maximum atomic E-state index is 12.1. The summed E-state index contributed by atoms with van der Waals surface area (Å²) in [5, 5.41) is 6.39. The monoisotopic (exact) mass is 305 g/mol. The molecule has 4 nitrogen and oxygen atoms in total. The summed E-state index contributed by atoms with van der Waals surface area (Å²) in [5.74, 6) is 0.508. The van der Waals surface area contributed by atoms with Crippen LogP contribution in [0.25, 0.3) is 0 Å². The van der Waals surface area contributed by atoms with E-state index in [0.717, 1.165) is 25.2 Å². The van der Waals surface area contributed by atoms with Crippen LogP contribution >= 0.6 is 24.8 Å². The lowest BCUT2D eigenvalue weighted by molar-refractivity contribution is 0.0914. The highest BCUT2D eigenvalue weighted by Crippen LogP contribution is 2.12. The Balaban J connectivity index is 0.00000162. The lowest BCUT2D eigenvalue weighted by Crippen LogP contribution is -2.50. The zero-order chi connectivity index (χ0) is 12.3. The Hall–Kier alpha value is -0.840. The lowest BCUT2D eigenvalue weighted by atomic mass is 9.94. The molecule has 1 aliphatic rings. The van der Waals surface area contributed by atoms with Crippen LogP contribution in [0.15, 0.2) is 18.3 Å². The van der Waals surface area contributed by atoms with Crippen molar-refractivity contribution in [3.05, 3.63) is 29.6 Å². The molecule has 2 N–H and O–H groups in total. The summed E-state index contributed by atoms with van der Waals surface area (Å²) in [6, 6.07) is 3.83. The minimum Gasteiger partial charge on any atom is -0.348 e. The van der Waals surface area contributed by atoms with Gasteiger partial charge in [-0.1, -0.05) is 6.92 Å². The number of rotatable bonds is 2. The molecule has 19 heavy (non-hydrogen) atoms. The Morgan fingerprint density at radius 1 is 1.47 bits per heavy atom. The van der Waals surface area contributed by atoms with Crippen molar-refractivity contribution in [1.82, 2.24) is 15.6 Å². The molecule has 2 unspecified atom stereocenters. The fraction of sp³-hybridized carbons (Fsp3) is 0.538. The minimum absolute atomic E-state index is 0. The van der Waals surface area contributed by atoms with E-state index < -0.39 is 0 Å². The van der Waals surface area contributed by atoms with E-state index in [1.54, 1.807) is 12.3 Å². The van der Waals surface area contributed by atoms with Gasteiger partial charge in [-0.25, -0.2) is 0 Å². The van der Waals surface area contributed by atoms with Gasteiger partial charge in [0.1, 0.15) is 0 Å². The van der Waals surface area contributed by atoms with Gasteiger partial charge in [0.25, 0.3) is 5.91 Å². The number of nitrogens with one attached hydrogen (secondary N) is 2. The van der Waals surface area contributed by atoms with Crippen molar-refractivity contribution in [1.29, 1.82) is 0 Å². The molecule has 0 aromatic carbocycles. The number of amides is 1. The van der Waals surface area contributed by atoms with Crippen molar-refractivity contribution in [3.63, 3.8) is 0 Å². The second kappa shape index (κ2) is 8.35. The van der Waals surface area contributed by atoms with Crippen LogP contribution < -0.4 is 10.6 Å². The van der Waals surface area contributed by atoms with Crippen LogP contribution in [0.1, 0.15) is 29.4 Å². The predicted molar refractivity (Wildman–Crippen MR) is 81.4 cm³/mol. The van der Waals surface area contributed by atoms with Crippen LogP contribution in [0.4, 0.5) is 0 Å². The molecule has 1 aromatic rings. The number of aromatic nitrogens is 1. The normalized spacial score (nSPS) is 21.8. The first-order valence-electron chi connectivity index (χ1n) is 6.11. The van der Waals surface area contributed by atoms with Crippen LogP contribution in [-0.2, 0) is 0 Å². The number of pyridine rings is 1. The molecular formula is C13H21Cl2N3O. The van der Waals surface area contributed by atoms with Crippen LogP contribution in [-0.4, -0.2) is 30.0 Å². The van der Waals surface area contributed by atoms with Gasteiger partial charge in [-0.15, -0.1) is 24.8 Å². The molecular weight excluding hydrogens is 285 g/mol. The van der Waals surface area contributed by atoms with Crippen LogP contribution in [0.5, 0.6) is 0 Å². The summed E-state index contributed by atoms with van der Waals surface area (Å²) < 4.78 is 0. The second-order valence-electron chi connectivity index (χ2n) is 4.69. The molecule has 0 radical (unpaired) electrons. The Morgan fingerprint density at radius 2 is 2.21 bits per heavy atom.